The van der Waals surface area contributed by atoms with E-state index in [2.05, 4.69) is 30.7 Å². The van der Waals surface area contributed by atoms with Gasteiger partial charge in [0.1, 0.15) is 17.0 Å². The molecule has 19 heavy (non-hydrogen) atoms. The van der Waals surface area contributed by atoms with E-state index in [-0.39, 0.29) is 21.0 Å². The predicted octanol–water partition coefficient (Wildman–Crippen LogP) is 1.10. The Hall–Kier alpha value is -1.68. The van der Waals surface area contributed by atoms with Crippen LogP contribution in [0.4, 0.5) is 16.0 Å². The van der Waals surface area contributed by atoms with Crippen molar-refractivity contribution >= 4 is 37.6 Å². The van der Waals surface area contributed by atoms with Crippen molar-refractivity contribution in [2.75, 3.05) is 10.5 Å². The van der Waals surface area contributed by atoms with Crippen molar-refractivity contribution in [1.82, 2.24) is 14.8 Å². The molecular formula is C9H9BrFN5O2S. The van der Waals surface area contributed by atoms with Crippen LogP contribution in [-0.2, 0) is 17.1 Å². The minimum atomic E-state index is -3.97. The molecule has 2 rings (SSSR count). The van der Waals surface area contributed by atoms with Gasteiger partial charge in [0.15, 0.2) is 0 Å². The Labute approximate surface area is 116 Å². The van der Waals surface area contributed by atoms with Crippen molar-refractivity contribution in [3.63, 3.8) is 0 Å². The number of anilines is 2. The molecule has 0 bridgehead atoms. The highest BCUT2D eigenvalue weighted by molar-refractivity contribution is 9.10. The molecule has 7 nitrogen and oxygen atoms in total. The van der Waals surface area contributed by atoms with Gasteiger partial charge < -0.3 is 5.73 Å². The number of nitrogens with zero attached hydrogens (tertiary/aromatic N) is 3. The lowest BCUT2D eigenvalue weighted by Crippen LogP contribution is -2.17. The molecule has 0 saturated heterocycles. The number of sulfonamides is 1. The highest BCUT2D eigenvalue weighted by Gasteiger charge is 2.21. The average molecular weight is 350 g/mol. The summed E-state index contributed by atoms with van der Waals surface area (Å²) in [5.74, 6) is -0.616. The molecule has 102 valence electrons. The third kappa shape index (κ3) is 2.68. The van der Waals surface area contributed by atoms with Gasteiger partial charge in [-0.05, 0) is 28.1 Å². The summed E-state index contributed by atoms with van der Waals surface area (Å²) in [6.07, 6.45) is 1.20. The molecular weight excluding hydrogens is 341 g/mol. The van der Waals surface area contributed by atoms with Gasteiger partial charge in [-0.15, -0.1) is 0 Å². The number of aromatic nitrogens is 3. The van der Waals surface area contributed by atoms with E-state index < -0.39 is 15.8 Å². The van der Waals surface area contributed by atoms with Crippen LogP contribution in [0.3, 0.4) is 0 Å². The van der Waals surface area contributed by atoms with Crippen LogP contribution in [0.1, 0.15) is 0 Å². The van der Waals surface area contributed by atoms with E-state index in [0.29, 0.717) is 0 Å². The number of rotatable bonds is 3. The van der Waals surface area contributed by atoms with Crippen molar-refractivity contribution in [1.29, 1.82) is 0 Å². The molecule has 10 heteroatoms. The fourth-order valence-electron chi connectivity index (χ4n) is 1.34. The first-order valence-electron chi connectivity index (χ1n) is 4.92. The molecule has 0 unspecified atom stereocenters. The minimum Gasteiger partial charge on any atom is -0.398 e. The molecule has 0 aliphatic heterocycles. The zero-order chi connectivity index (χ0) is 14.2. The summed E-state index contributed by atoms with van der Waals surface area (Å²) in [5.41, 5.74) is 5.32. The lowest BCUT2D eigenvalue weighted by Gasteiger charge is -2.10. The van der Waals surface area contributed by atoms with Gasteiger partial charge in [0.25, 0.3) is 10.0 Å². The summed E-state index contributed by atoms with van der Waals surface area (Å²) in [7, 11) is -2.45. The first kappa shape index (κ1) is 13.7. The second-order valence-electron chi connectivity index (χ2n) is 3.62. The van der Waals surface area contributed by atoms with Crippen molar-refractivity contribution in [3.05, 3.63) is 28.7 Å². The molecule has 0 aliphatic rings. The predicted molar refractivity (Wildman–Crippen MR) is 70.3 cm³/mol. The number of nitrogens with two attached hydrogens (primary N) is 1. The van der Waals surface area contributed by atoms with Crippen molar-refractivity contribution in [2.45, 2.75) is 4.90 Å². The highest BCUT2D eigenvalue weighted by atomic mass is 79.9. The second-order valence-corrected chi connectivity index (χ2v) is 6.12. The summed E-state index contributed by atoms with van der Waals surface area (Å²) in [6.45, 7) is 0. The average Bonchev–Trinajstić information content (AvgIpc) is 2.69. The number of halogens is 2. The van der Waals surface area contributed by atoms with Crippen LogP contribution in [0.5, 0.6) is 0 Å². The fourth-order valence-corrected chi connectivity index (χ4v) is 3.01. The van der Waals surface area contributed by atoms with Crippen LogP contribution < -0.4 is 10.5 Å². The first-order valence-corrected chi connectivity index (χ1v) is 7.20. The van der Waals surface area contributed by atoms with E-state index >= 15 is 0 Å². The van der Waals surface area contributed by atoms with Crippen LogP contribution in [0.25, 0.3) is 0 Å². The third-order valence-electron chi connectivity index (χ3n) is 2.28. The minimum absolute atomic E-state index is 0.0000373. The Morgan fingerprint density at radius 2 is 2.16 bits per heavy atom. The summed E-state index contributed by atoms with van der Waals surface area (Å²) < 4.78 is 40.9. The van der Waals surface area contributed by atoms with Crippen LogP contribution in [-0.4, -0.2) is 23.2 Å². The third-order valence-corrected chi connectivity index (χ3v) is 4.27. The maximum absolute atomic E-state index is 13.2. The molecule has 1 heterocycles. The van der Waals surface area contributed by atoms with Crippen LogP contribution in [0.15, 0.2) is 27.8 Å². The summed E-state index contributed by atoms with van der Waals surface area (Å²) in [4.78, 5) is 3.48. The van der Waals surface area contributed by atoms with Gasteiger partial charge in [0, 0.05) is 7.05 Å². The van der Waals surface area contributed by atoms with Crippen molar-refractivity contribution in [3.8, 4) is 0 Å². The Bertz CT molecular complexity index is 730. The number of nitrogens with one attached hydrogen (secondary N) is 1. The second kappa shape index (κ2) is 4.78. The Balaban J connectivity index is 2.46. The molecule has 0 amide bonds. The van der Waals surface area contributed by atoms with E-state index in [4.69, 9.17) is 5.73 Å². The van der Waals surface area contributed by atoms with E-state index in [9.17, 15) is 12.8 Å². The van der Waals surface area contributed by atoms with E-state index in [0.717, 1.165) is 12.1 Å². The van der Waals surface area contributed by atoms with Gasteiger partial charge in [0.05, 0.1) is 10.2 Å². The molecule has 1 aromatic heterocycles. The largest absolute Gasteiger partial charge is 0.398 e. The Morgan fingerprint density at radius 3 is 2.74 bits per heavy atom. The summed E-state index contributed by atoms with van der Waals surface area (Å²) in [6, 6.07) is 2.01. The van der Waals surface area contributed by atoms with E-state index in [1.807, 2.05) is 0 Å². The lowest BCUT2D eigenvalue weighted by molar-refractivity contribution is 0.598. The topological polar surface area (TPSA) is 103 Å². The first-order chi connectivity index (χ1) is 8.81. The van der Waals surface area contributed by atoms with Gasteiger partial charge in [-0.1, -0.05) is 0 Å². The molecule has 0 saturated carbocycles. The SMILES string of the molecule is Cn1ncnc1NS(=O)(=O)c1cc(Br)c(F)cc1N. The number of hydrogen-bond acceptors (Lipinski definition) is 5. The maximum Gasteiger partial charge on any atom is 0.266 e. The molecule has 2 aromatic rings. The number of aryl methyl sites for hydroxylation is 1. The molecule has 1 aromatic carbocycles. The highest BCUT2D eigenvalue weighted by Crippen LogP contribution is 2.27. The smallest absolute Gasteiger partial charge is 0.266 e. The van der Waals surface area contributed by atoms with Crippen LogP contribution in [0.2, 0.25) is 0 Å². The summed E-state index contributed by atoms with van der Waals surface area (Å²) in [5, 5.41) is 3.73. The van der Waals surface area contributed by atoms with Crippen molar-refractivity contribution < 1.29 is 12.8 Å². The molecule has 0 spiro atoms. The number of benzene rings is 1. The monoisotopic (exact) mass is 349 g/mol. The lowest BCUT2D eigenvalue weighted by atomic mass is 10.3. The van der Waals surface area contributed by atoms with E-state index in [1.165, 1.54) is 18.1 Å². The Morgan fingerprint density at radius 1 is 1.47 bits per heavy atom. The molecule has 0 aliphatic carbocycles. The summed E-state index contributed by atoms with van der Waals surface area (Å²) >= 11 is 2.91. The zero-order valence-electron chi connectivity index (χ0n) is 9.63. The molecule has 0 fully saturated rings. The normalized spacial score (nSPS) is 11.5. The Kier molecular flexibility index (Phi) is 3.45. The molecule has 0 radical (unpaired) electrons. The molecule has 3 N–H and O–H groups in total. The number of hydrogen-bond donors (Lipinski definition) is 2. The van der Waals surface area contributed by atoms with Gasteiger partial charge in [0.2, 0.25) is 5.95 Å². The fraction of sp³-hybridized carbons (Fsp3) is 0.111. The van der Waals surface area contributed by atoms with Crippen LogP contribution in [0, 0.1) is 5.82 Å². The molecule has 0 atom stereocenters. The number of nitrogen functional groups attached to an aromatic ring is 1. The van der Waals surface area contributed by atoms with Gasteiger partial charge in [-0.25, -0.2) is 22.2 Å². The van der Waals surface area contributed by atoms with Crippen molar-refractivity contribution in [2.24, 2.45) is 7.05 Å². The van der Waals surface area contributed by atoms with Gasteiger partial charge in [-0.2, -0.15) is 10.1 Å². The quantitative estimate of drug-likeness (QED) is 0.807. The van der Waals surface area contributed by atoms with Crippen LogP contribution >= 0.6 is 15.9 Å². The van der Waals surface area contributed by atoms with Gasteiger partial charge >= 0.3 is 0 Å². The maximum atomic E-state index is 13.2. The van der Waals surface area contributed by atoms with Gasteiger partial charge in [-0.3, -0.25) is 0 Å². The van der Waals surface area contributed by atoms with E-state index in [1.54, 1.807) is 0 Å². The zero-order valence-corrected chi connectivity index (χ0v) is 12.0. The standard InChI is InChI=1S/C9H9BrFN5O2S/c1-16-9(13-4-14-16)15-19(17,18)8-2-5(10)6(11)3-7(8)12/h2-4H,12H2,1H3,(H,13,14,15).